The zero-order chi connectivity index (χ0) is 16.3. The van der Waals surface area contributed by atoms with E-state index in [1.54, 1.807) is 0 Å². The van der Waals surface area contributed by atoms with Gasteiger partial charge in [0, 0.05) is 0 Å². The van der Waals surface area contributed by atoms with Crippen LogP contribution in [0, 0.1) is 0 Å². The van der Waals surface area contributed by atoms with Crippen LogP contribution in [0.2, 0.25) is 18.1 Å². The second-order valence-electron chi connectivity index (χ2n) is 6.63. The number of halogens is 1. The average molecular weight is 373 g/mol. The smallest absolute Gasteiger partial charge is 0.322 e. The first-order valence-electron chi connectivity index (χ1n) is 7.05. The van der Waals surface area contributed by atoms with E-state index >= 15 is 0 Å². The Balaban J connectivity index is 3.12. The minimum Gasteiger partial charge on any atom is -0.468 e. The highest BCUT2D eigenvalue weighted by Crippen LogP contribution is 2.41. The molecule has 0 aliphatic rings. The standard InChI is InChI=1S/C16H25BrO3Si/c1-16(2,3)21(5,6)20-14(13(17)15(18)19-4)12-10-8-7-9-11-12/h7-11,13-14H,1-6H3/t13-,14-/m0/s1. The summed E-state index contributed by atoms with van der Waals surface area (Å²) >= 11 is 3.45. The van der Waals surface area contributed by atoms with Crippen molar-refractivity contribution in [3.63, 3.8) is 0 Å². The Morgan fingerprint density at radius 2 is 1.71 bits per heavy atom. The van der Waals surface area contributed by atoms with Gasteiger partial charge in [-0.3, -0.25) is 4.79 Å². The molecule has 0 N–H and O–H groups in total. The minimum absolute atomic E-state index is 0.0723. The Morgan fingerprint density at radius 1 is 1.19 bits per heavy atom. The summed E-state index contributed by atoms with van der Waals surface area (Å²) in [6, 6.07) is 9.82. The molecule has 0 aliphatic carbocycles. The predicted molar refractivity (Wildman–Crippen MR) is 92.2 cm³/mol. The lowest BCUT2D eigenvalue weighted by Crippen LogP contribution is -2.44. The highest BCUT2D eigenvalue weighted by atomic mass is 79.9. The van der Waals surface area contributed by atoms with Crippen molar-refractivity contribution in [3.05, 3.63) is 35.9 Å². The molecule has 0 unspecified atom stereocenters. The van der Waals surface area contributed by atoms with E-state index in [0.29, 0.717) is 0 Å². The van der Waals surface area contributed by atoms with Crippen molar-refractivity contribution in [1.82, 2.24) is 0 Å². The lowest BCUT2D eigenvalue weighted by atomic mass is 10.1. The Kier molecular flexibility index (Phi) is 6.19. The summed E-state index contributed by atoms with van der Waals surface area (Å²) in [5.41, 5.74) is 0.981. The van der Waals surface area contributed by atoms with Gasteiger partial charge in [0.15, 0.2) is 8.32 Å². The Morgan fingerprint density at radius 3 is 2.14 bits per heavy atom. The van der Waals surface area contributed by atoms with Gasteiger partial charge < -0.3 is 9.16 Å². The maximum atomic E-state index is 11.9. The predicted octanol–water partition coefficient (Wildman–Crippen LogP) is 4.69. The highest BCUT2D eigenvalue weighted by molar-refractivity contribution is 9.10. The fourth-order valence-corrected chi connectivity index (χ4v) is 3.73. The number of esters is 1. The van der Waals surface area contributed by atoms with Crippen LogP contribution < -0.4 is 0 Å². The summed E-state index contributed by atoms with van der Waals surface area (Å²) in [5, 5.41) is 0.0723. The molecule has 0 radical (unpaired) electrons. The Labute approximate surface area is 137 Å². The van der Waals surface area contributed by atoms with Crippen LogP contribution in [0.5, 0.6) is 0 Å². The largest absolute Gasteiger partial charge is 0.468 e. The summed E-state index contributed by atoms with van der Waals surface area (Å²) in [6.07, 6.45) is -0.348. The van der Waals surface area contributed by atoms with E-state index in [1.807, 2.05) is 30.3 Å². The zero-order valence-electron chi connectivity index (χ0n) is 13.6. The summed E-state index contributed by atoms with van der Waals surface area (Å²) in [6.45, 7) is 10.9. The molecule has 0 amide bonds. The molecule has 5 heteroatoms. The molecular weight excluding hydrogens is 348 g/mol. The molecule has 3 nitrogen and oxygen atoms in total. The second-order valence-corrected chi connectivity index (χ2v) is 12.4. The Bertz CT molecular complexity index is 468. The van der Waals surface area contributed by atoms with Crippen LogP contribution in [-0.2, 0) is 14.0 Å². The van der Waals surface area contributed by atoms with Gasteiger partial charge in [-0.05, 0) is 23.7 Å². The van der Waals surface area contributed by atoms with Crippen LogP contribution >= 0.6 is 15.9 Å². The van der Waals surface area contributed by atoms with Gasteiger partial charge in [0.2, 0.25) is 0 Å². The van der Waals surface area contributed by atoms with E-state index in [4.69, 9.17) is 9.16 Å². The molecule has 0 saturated heterocycles. The summed E-state index contributed by atoms with van der Waals surface area (Å²) in [7, 11) is -0.616. The quantitative estimate of drug-likeness (QED) is 0.427. The van der Waals surface area contributed by atoms with Crippen molar-refractivity contribution < 1.29 is 14.0 Å². The number of rotatable bonds is 5. The van der Waals surface area contributed by atoms with Crippen molar-refractivity contribution in [2.75, 3.05) is 7.11 Å². The molecule has 0 fully saturated rings. The fourth-order valence-electron chi connectivity index (χ4n) is 1.67. The van der Waals surface area contributed by atoms with E-state index < -0.39 is 13.1 Å². The van der Waals surface area contributed by atoms with Gasteiger partial charge in [0.05, 0.1) is 13.2 Å². The zero-order valence-corrected chi connectivity index (χ0v) is 16.2. The van der Waals surface area contributed by atoms with Gasteiger partial charge in [-0.2, -0.15) is 0 Å². The van der Waals surface area contributed by atoms with Crippen molar-refractivity contribution in [2.45, 2.75) is 49.8 Å². The fraction of sp³-hybridized carbons (Fsp3) is 0.562. The third kappa shape index (κ3) is 4.66. The maximum absolute atomic E-state index is 11.9. The van der Waals surface area contributed by atoms with Crippen LogP contribution in [0.4, 0.5) is 0 Å². The minimum atomic E-state index is -2.01. The molecule has 118 valence electrons. The lowest BCUT2D eigenvalue weighted by molar-refractivity contribution is -0.141. The third-order valence-corrected chi connectivity index (χ3v) is 9.36. The molecule has 2 atom stereocenters. The first kappa shape index (κ1) is 18.4. The lowest BCUT2D eigenvalue weighted by Gasteiger charge is -2.40. The molecule has 0 heterocycles. The van der Waals surface area contributed by atoms with E-state index in [-0.39, 0.29) is 17.1 Å². The third-order valence-electron chi connectivity index (χ3n) is 4.05. The number of hydrogen-bond acceptors (Lipinski definition) is 3. The number of carbonyl (C=O) groups excluding carboxylic acids is 1. The number of methoxy groups -OCH3 is 1. The normalized spacial score (nSPS) is 15.4. The molecule has 0 saturated carbocycles. The summed E-state index contributed by atoms with van der Waals surface area (Å²) in [5.74, 6) is -0.317. The molecule has 0 aromatic heterocycles. The molecule has 0 aliphatic heterocycles. The highest BCUT2D eigenvalue weighted by Gasteiger charge is 2.42. The first-order valence-corrected chi connectivity index (χ1v) is 10.9. The average Bonchev–Trinajstić information content (AvgIpc) is 2.43. The molecule has 1 rings (SSSR count). The number of hydrogen-bond donors (Lipinski definition) is 0. The van der Waals surface area contributed by atoms with Gasteiger partial charge in [0.25, 0.3) is 0 Å². The molecule has 1 aromatic carbocycles. The molecule has 0 bridgehead atoms. The van der Waals surface area contributed by atoms with Crippen LogP contribution in [0.15, 0.2) is 30.3 Å². The van der Waals surface area contributed by atoms with E-state index in [0.717, 1.165) is 5.56 Å². The number of alkyl halides is 1. The summed E-state index contributed by atoms with van der Waals surface area (Å²) in [4.78, 5) is 11.4. The van der Waals surface area contributed by atoms with Gasteiger partial charge in [-0.25, -0.2) is 0 Å². The van der Waals surface area contributed by atoms with Crippen molar-refractivity contribution >= 4 is 30.2 Å². The van der Waals surface area contributed by atoms with Crippen molar-refractivity contribution in [2.24, 2.45) is 0 Å². The first-order chi connectivity index (χ1) is 9.60. The van der Waals surface area contributed by atoms with Gasteiger partial charge in [-0.1, -0.05) is 67.0 Å². The number of ether oxygens (including phenoxy) is 1. The van der Waals surface area contributed by atoms with Gasteiger partial charge in [-0.15, -0.1) is 0 Å². The SMILES string of the molecule is COC(=O)[C@@H](Br)[C@@H](O[Si](C)(C)C(C)(C)C)c1ccccc1. The monoisotopic (exact) mass is 372 g/mol. The molecular formula is C16H25BrO3Si. The van der Waals surface area contributed by atoms with E-state index in [1.165, 1.54) is 7.11 Å². The van der Waals surface area contributed by atoms with Crippen molar-refractivity contribution in [3.8, 4) is 0 Å². The molecule has 21 heavy (non-hydrogen) atoms. The topological polar surface area (TPSA) is 35.5 Å². The number of carbonyl (C=O) groups is 1. The van der Waals surface area contributed by atoms with Crippen LogP contribution in [0.3, 0.4) is 0 Å². The van der Waals surface area contributed by atoms with Crippen molar-refractivity contribution in [1.29, 1.82) is 0 Å². The van der Waals surface area contributed by atoms with Gasteiger partial charge in [0.1, 0.15) is 4.83 Å². The van der Waals surface area contributed by atoms with Crippen LogP contribution in [0.1, 0.15) is 32.4 Å². The van der Waals surface area contributed by atoms with E-state index in [2.05, 4.69) is 49.8 Å². The summed E-state index contributed by atoms with van der Waals surface area (Å²) < 4.78 is 11.3. The molecule has 1 aromatic rings. The maximum Gasteiger partial charge on any atom is 0.322 e. The second kappa shape index (κ2) is 7.07. The van der Waals surface area contributed by atoms with Crippen LogP contribution in [0.25, 0.3) is 0 Å². The Hall–Kier alpha value is -0.653. The van der Waals surface area contributed by atoms with E-state index in [9.17, 15) is 4.79 Å². The number of benzene rings is 1. The van der Waals surface area contributed by atoms with Crippen LogP contribution in [-0.4, -0.2) is 26.2 Å². The molecule has 0 spiro atoms. The van der Waals surface area contributed by atoms with Gasteiger partial charge >= 0.3 is 5.97 Å².